The number of rotatable bonds is 8. The summed E-state index contributed by atoms with van der Waals surface area (Å²) in [4.78, 5) is 32.0. The van der Waals surface area contributed by atoms with Crippen molar-refractivity contribution >= 4 is 28.3 Å². The Labute approximate surface area is 195 Å². The summed E-state index contributed by atoms with van der Waals surface area (Å²) in [7, 11) is 0. The lowest BCUT2D eigenvalue weighted by molar-refractivity contribution is -0.483. The van der Waals surface area contributed by atoms with E-state index in [1.165, 1.54) is 6.33 Å². The summed E-state index contributed by atoms with van der Waals surface area (Å²) in [6.07, 6.45) is 1.45. The highest BCUT2D eigenvalue weighted by molar-refractivity contribution is 6.30. The highest BCUT2D eigenvalue weighted by Gasteiger charge is 2.22. The summed E-state index contributed by atoms with van der Waals surface area (Å²) >= 11 is 5.88. The van der Waals surface area contributed by atoms with Crippen LogP contribution in [0.2, 0.25) is 5.02 Å². The number of carbonyl (C=O) groups is 1. The number of fused-ring (bicyclic) bond motifs is 1. The summed E-state index contributed by atoms with van der Waals surface area (Å²) in [5, 5.41) is 12.6. The first-order chi connectivity index (χ1) is 15.9. The summed E-state index contributed by atoms with van der Waals surface area (Å²) in [5.41, 5.74) is 2.99. The molecule has 4 rings (SSSR count). The van der Waals surface area contributed by atoms with E-state index in [0.29, 0.717) is 27.8 Å². The normalized spacial score (nSPS) is 11.8. The molecule has 1 aromatic heterocycles. The topological polar surface area (TPSA) is 95.2 Å². The van der Waals surface area contributed by atoms with Crippen LogP contribution in [-0.4, -0.2) is 27.2 Å². The van der Waals surface area contributed by atoms with Gasteiger partial charge in [-0.05, 0) is 61.0 Å². The van der Waals surface area contributed by atoms with Crippen LogP contribution in [0.15, 0.2) is 73.1 Å². The molecular weight excluding hydrogens is 442 g/mol. The van der Waals surface area contributed by atoms with E-state index < -0.39 is 10.8 Å². The zero-order valence-electron chi connectivity index (χ0n) is 17.8. The van der Waals surface area contributed by atoms with Gasteiger partial charge in [0.1, 0.15) is 12.1 Å². The standard InChI is InChI=1S/C25H20ClN3O4/c1-16-2-11-23-22(12-16)25(28-15-27-23)33-21-9-5-17(6-10-21)19(14-29(31)32)13-24(30)18-3-7-20(26)8-4-18/h2-12,15,19H,13-14H2,1H3. The quantitative estimate of drug-likeness (QED) is 0.181. The van der Waals surface area contributed by atoms with Crippen LogP contribution in [0.25, 0.3) is 10.9 Å². The fourth-order valence-corrected chi connectivity index (χ4v) is 3.72. The largest absolute Gasteiger partial charge is 0.438 e. The molecule has 1 atom stereocenters. The number of carbonyl (C=O) groups excluding carboxylic acids is 1. The van der Waals surface area contributed by atoms with Crippen LogP contribution in [0, 0.1) is 17.0 Å². The number of aryl methyl sites for hydroxylation is 1. The predicted molar refractivity (Wildman–Crippen MR) is 126 cm³/mol. The van der Waals surface area contributed by atoms with Gasteiger partial charge in [-0.2, -0.15) is 0 Å². The summed E-state index contributed by atoms with van der Waals surface area (Å²) < 4.78 is 5.96. The van der Waals surface area contributed by atoms with Gasteiger partial charge in [0.25, 0.3) is 0 Å². The van der Waals surface area contributed by atoms with Gasteiger partial charge in [-0.1, -0.05) is 35.4 Å². The minimum Gasteiger partial charge on any atom is -0.438 e. The molecule has 0 fully saturated rings. The molecule has 8 heteroatoms. The minimum absolute atomic E-state index is 0.0125. The van der Waals surface area contributed by atoms with Gasteiger partial charge < -0.3 is 4.74 Å². The van der Waals surface area contributed by atoms with Crippen molar-refractivity contribution in [1.29, 1.82) is 0 Å². The molecule has 0 radical (unpaired) electrons. The molecule has 7 nitrogen and oxygen atoms in total. The molecular formula is C25H20ClN3O4. The lowest BCUT2D eigenvalue weighted by Crippen LogP contribution is -2.16. The average Bonchev–Trinajstić information content (AvgIpc) is 2.79. The van der Waals surface area contributed by atoms with Crippen molar-refractivity contribution in [3.05, 3.63) is 105 Å². The first-order valence-electron chi connectivity index (χ1n) is 10.3. The van der Waals surface area contributed by atoms with Gasteiger partial charge in [-0.25, -0.2) is 9.97 Å². The Bertz CT molecular complexity index is 1310. The molecule has 0 saturated heterocycles. The number of benzene rings is 3. The van der Waals surface area contributed by atoms with Crippen LogP contribution in [-0.2, 0) is 0 Å². The Hall–Kier alpha value is -3.84. The van der Waals surface area contributed by atoms with Crippen molar-refractivity contribution in [2.75, 3.05) is 6.54 Å². The van der Waals surface area contributed by atoms with Crippen LogP contribution in [0.5, 0.6) is 11.6 Å². The third-order valence-corrected chi connectivity index (χ3v) is 5.54. The molecule has 0 amide bonds. The van der Waals surface area contributed by atoms with Crippen LogP contribution < -0.4 is 4.74 Å². The highest BCUT2D eigenvalue weighted by Crippen LogP contribution is 2.30. The van der Waals surface area contributed by atoms with E-state index in [4.69, 9.17) is 16.3 Å². The molecule has 4 aromatic rings. The smallest absolute Gasteiger partial charge is 0.230 e. The SMILES string of the molecule is Cc1ccc2ncnc(Oc3ccc(C(CC(=O)c4ccc(Cl)cc4)C[N+](=O)[O-])cc3)c2c1. The second-order valence-corrected chi connectivity index (χ2v) is 8.15. The number of halogens is 1. The Morgan fingerprint density at radius 2 is 1.79 bits per heavy atom. The first-order valence-corrected chi connectivity index (χ1v) is 10.7. The molecule has 0 aliphatic rings. The lowest BCUT2D eigenvalue weighted by atomic mass is 9.91. The Kier molecular flexibility index (Phi) is 6.60. The number of hydrogen-bond acceptors (Lipinski definition) is 6. The molecule has 0 spiro atoms. The molecule has 0 aliphatic carbocycles. The molecule has 1 unspecified atom stereocenters. The Morgan fingerprint density at radius 3 is 2.48 bits per heavy atom. The van der Waals surface area contributed by atoms with E-state index in [2.05, 4.69) is 9.97 Å². The van der Waals surface area contributed by atoms with Gasteiger partial charge in [0.05, 0.1) is 16.8 Å². The van der Waals surface area contributed by atoms with E-state index >= 15 is 0 Å². The highest BCUT2D eigenvalue weighted by atomic mass is 35.5. The molecule has 0 N–H and O–H groups in total. The van der Waals surface area contributed by atoms with E-state index in [9.17, 15) is 14.9 Å². The van der Waals surface area contributed by atoms with Crippen molar-refractivity contribution in [3.8, 4) is 11.6 Å². The summed E-state index contributed by atoms with van der Waals surface area (Å²) in [6.45, 7) is 1.63. The number of aromatic nitrogens is 2. The fourth-order valence-electron chi connectivity index (χ4n) is 3.59. The maximum Gasteiger partial charge on any atom is 0.230 e. The second kappa shape index (κ2) is 9.75. The molecule has 3 aromatic carbocycles. The monoisotopic (exact) mass is 461 g/mol. The van der Waals surface area contributed by atoms with Gasteiger partial charge in [-0.3, -0.25) is 14.9 Å². The van der Waals surface area contributed by atoms with Gasteiger partial charge in [0.2, 0.25) is 12.4 Å². The van der Waals surface area contributed by atoms with Crippen molar-refractivity contribution in [2.45, 2.75) is 19.3 Å². The molecule has 0 aliphatic heterocycles. The van der Waals surface area contributed by atoms with Crippen molar-refractivity contribution in [1.82, 2.24) is 9.97 Å². The number of nitro groups is 1. The summed E-state index contributed by atoms with van der Waals surface area (Å²) in [5.74, 6) is 0.210. The van der Waals surface area contributed by atoms with Crippen molar-refractivity contribution < 1.29 is 14.5 Å². The molecule has 166 valence electrons. The van der Waals surface area contributed by atoms with Crippen LogP contribution >= 0.6 is 11.6 Å². The lowest BCUT2D eigenvalue weighted by Gasteiger charge is -2.14. The second-order valence-electron chi connectivity index (χ2n) is 7.72. The molecule has 0 saturated carbocycles. The van der Waals surface area contributed by atoms with Crippen LogP contribution in [0.3, 0.4) is 0 Å². The van der Waals surface area contributed by atoms with Crippen LogP contribution in [0.4, 0.5) is 0 Å². The number of nitrogens with zero attached hydrogens (tertiary/aromatic N) is 3. The average molecular weight is 462 g/mol. The number of ether oxygens (including phenoxy) is 1. The van der Waals surface area contributed by atoms with Gasteiger partial charge in [0, 0.05) is 21.9 Å². The Balaban J connectivity index is 1.54. The Morgan fingerprint density at radius 1 is 1.06 bits per heavy atom. The number of ketones is 1. The third kappa shape index (κ3) is 5.51. The zero-order valence-corrected chi connectivity index (χ0v) is 18.5. The molecule has 1 heterocycles. The van der Waals surface area contributed by atoms with Crippen molar-refractivity contribution in [2.24, 2.45) is 0 Å². The van der Waals surface area contributed by atoms with Gasteiger partial charge in [-0.15, -0.1) is 0 Å². The number of hydrogen-bond donors (Lipinski definition) is 0. The number of Topliss-reactive ketones (excluding diaryl/α,β-unsaturated/α-hetero) is 1. The fraction of sp³-hybridized carbons (Fsp3) is 0.160. The van der Waals surface area contributed by atoms with E-state index in [1.54, 1.807) is 48.5 Å². The first kappa shape index (κ1) is 22.4. The maximum atomic E-state index is 12.7. The van der Waals surface area contributed by atoms with E-state index in [0.717, 1.165) is 16.5 Å². The zero-order chi connectivity index (χ0) is 23.4. The third-order valence-electron chi connectivity index (χ3n) is 5.29. The van der Waals surface area contributed by atoms with E-state index in [-0.39, 0.29) is 18.7 Å². The molecule has 0 bridgehead atoms. The predicted octanol–water partition coefficient (Wildman–Crippen LogP) is 6.02. The summed E-state index contributed by atoms with van der Waals surface area (Å²) in [6, 6.07) is 19.3. The molecule has 33 heavy (non-hydrogen) atoms. The minimum atomic E-state index is -0.570. The van der Waals surface area contributed by atoms with Gasteiger partial charge >= 0.3 is 0 Å². The van der Waals surface area contributed by atoms with Gasteiger partial charge in [0.15, 0.2) is 5.78 Å². The van der Waals surface area contributed by atoms with E-state index in [1.807, 2.05) is 25.1 Å². The van der Waals surface area contributed by atoms with Crippen LogP contribution in [0.1, 0.15) is 33.8 Å². The van der Waals surface area contributed by atoms with Crippen molar-refractivity contribution in [3.63, 3.8) is 0 Å². The maximum absolute atomic E-state index is 12.7.